The summed E-state index contributed by atoms with van der Waals surface area (Å²) in [5, 5.41) is 9.53. The number of nitrogens with zero attached hydrogens (tertiary/aromatic N) is 4. The van der Waals surface area contributed by atoms with Crippen LogP contribution in [0.25, 0.3) is 5.65 Å². The molecule has 0 amide bonds. The molecule has 1 fully saturated rings. The van der Waals surface area contributed by atoms with Crippen molar-refractivity contribution in [3.05, 3.63) is 30.1 Å². The topological polar surface area (TPSA) is 53.6 Å². The van der Waals surface area contributed by atoms with Crippen LogP contribution in [-0.4, -0.2) is 33.7 Å². The van der Waals surface area contributed by atoms with Gasteiger partial charge in [-0.2, -0.15) is 5.26 Å². The molecule has 2 aromatic heterocycles. The molecule has 1 aliphatic heterocycles. The van der Waals surface area contributed by atoms with Gasteiger partial charge in [-0.3, -0.25) is 4.40 Å². The molecule has 0 bridgehead atoms. The van der Waals surface area contributed by atoms with E-state index in [-0.39, 0.29) is 11.2 Å². The van der Waals surface area contributed by atoms with Gasteiger partial charge in [0.1, 0.15) is 11.7 Å². The molecule has 0 spiro atoms. The van der Waals surface area contributed by atoms with Gasteiger partial charge in [-0.05, 0) is 39.8 Å². The molecule has 0 radical (unpaired) electrons. The number of hydrogen-bond acceptors (Lipinski definition) is 4. The van der Waals surface area contributed by atoms with Crippen molar-refractivity contribution in [3.63, 3.8) is 0 Å². The van der Waals surface area contributed by atoms with E-state index in [4.69, 9.17) is 4.74 Å². The molecule has 21 heavy (non-hydrogen) atoms. The Bertz CT molecular complexity index is 707. The van der Waals surface area contributed by atoms with Crippen LogP contribution < -0.4 is 4.90 Å². The van der Waals surface area contributed by atoms with Gasteiger partial charge in [0.25, 0.3) is 0 Å². The summed E-state index contributed by atoms with van der Waals surface area (Å²) in [7, 11) is 0. The summed E-state index contributed by atoms with van der Waals surface area (Å²) in [6, 6.07) is 8.05. The van der Waals surface area contributed by atoms with Crippen LogP contribution in [0.1, 0.15) is 33.4 Å². The molecule has 5 heteroatoms. The molecule has 2 aromatic rings. The number of nitriles is 1. The minimum absolute atomic E-state index is 0.274. The quantitative estimate of drug-likeness (QED) is 0.807. The monoisotopic (exact) mass is 284 g/mol. The molecule has 5 nitrogen and oxygen atoms in total. The molecule has 110 valence electrons. The Kier molecular flexibility index (Phi) is 2.96. The van der Waals surface area contributed by atoms with E-state index in [1.807, 2.05) is 28.8 Å². The summed E-state index contributed by atoms with van der Waals surface area (Å²) in [5.41, 5.74) is 0.833. The van der Waals surface area contributed by atoms with Crippen LogP contribution in [0.4, 0.5) is 5.82 Å². The largest absolute Gasteiger partial charge is 0.366 e. The zero-order chi connectivity index (χ0) is 15.3. The standard InChI is InChI=1S/C16H20N4O/c1-15(2)10-19(11-16(3,4)21-15)14-12(9-17)20-8-6-5-7-13(20)18-14/h5-8H,10-11H2,1-4H3. The predicted octanol–water partition coefficient (Wildman–Crippen LogP) is 2.60. The number of fused-ring (bicyclic) bond motifs is 1. The molecular weight excluding hydrogens is 264 g/mol. The molecule has 0 N–H and O–H groups in total. The van der Waals surface area contributed by atoms with Crippen molar-refractivity contribution >= 4 is 11.5 Å². The lowest BCUT2D eigenvalue weighted by molar-refractivity contribution is -0.133. The second kappa shape index (κ2) is 4.47. The van der Waals surface area contributed by atoms with Crippen LogP contribution in [0.3, 0.4) is 0 Å². The van der Waals surface area contributed by atoms with E-state index < -0.39 is 0 Å². The average Bonchev–Trinajstić information content (AvgIpc) is 2.73. The fourth-order valence-corrected chi connectivity index (χ4v) is 3.25. The second-order valence-corrected chi connectivity index (χ2v) is 6.80. The highest BCUT2D eigenvalue weighted by Gasteiger charge is 2.39. The first-order valence-corrected chi connectivity index (χ1v) is 7.14. The number of ether oxygens (including phenoxy) is 1. The summed E-state index contributed by atoms with van der Waals surface area (Å²) in [4.78, 5) is 6.81. The van der Waals surface area contributed by atoms with Crippen LogP contribution in [0.5, 0.6) is 0 Å². The molecule has 0 atom stereocenters. The third-order valence-corrected chi connectivity index (χ3v) is 3.61. The Morgan fingerprint density at radius 1 is 1.19 bits per heavy atom. The van der Waals surface area contributed by atoms with Gasteiger partial charge in [0, 0.05) is 19.3 Å². The Hall–Kier alpha value is -2.06. The van der Waals surface area contributed by atoms with E-state index in [9.17, 15) is 5.26 Å². The Labute approximate surface area is 124 Å². The first kappa shape index (κ1) is 13.9. The van der Waals surface area contributed by atoms with Crippen LogP contribution in [0.15, 0.2) is 24.4 Å². The van der Waals surface area contributed by atoms with E-state index in [1.54, 1.807) is 0 Å². The van der Waals surface area contributed by atoms with Gasteiger partial charge < -0.3 is 9.64 Å². The van der Waals surface area contributed by atoms with Gasteiger partial charge >= 0.3 is 0 Å². The van der Waals surface area contributed by atoms with E-state index >= 15 is 0 Å². The van der Waals surface area contributed by atoms with Gasteiger partial charge in [0.15, 0.2) is 11.5 Å². The van der Waals surface area contributed by atoms with E-state index in [2.05, 4.69) is 43.6 Å². The maximum Gasteiger partial charge on any atom is 0.169 e. The molecule has 3 rings (SSSR count). The number of morpholine rings is 1. The Morgan fingerprint density at radius 2 is 1.86 bits per heavy atom. The lowest BCUT2D eigenvalue weighted by atomic mass is 9.99. The van der Waals surface area contributed by atoms with Gasteiger partial charge in [-0.25, -0.2) is 4.98 Å². The fourth-order valence-electron chi connectivity index (χ4n) is 3.25. The van der Waals surface area contributed by atoms with Crippen molar-refractivity contribution in [2.75, 3.05) is 18.0 Å². The molecular formula is C16H20N4O. The first-order chi connectivity index (χ1) is 9.81. The summed E-state index contributed by atoms with van der Waals surface area (Å²) in [6.45, 7) is 9.72. The van der Waals surface area contributed by atoms with Crippen molar-refractivity contribution in [1.82, 2.24) is 9.38 Å². The van der Waals surface area contributed by atoms with Gasteiger partial charge in [0.2, 0.25) is 0 Å². The Morgan fingerprint density at radius 3 is 2.48 bits per heavy atom. The minimum atomic E-state index is -0.274. The minimum Gasteiger partial charge on any atom is -0.366 e. The molecule has 0 unspecified atom stereocenters. The zero-order valence-corrected chi connectivity index (χ0v) is 12.9. The summed E-state index contributed by atoms with van der Waals surface area (Å²) >= 11 is 0. The number of rotatable bonds is 1. The number of pyridine rings is 1. The van der Waals surface area contributed by atoms with Crippen LogP contribution in [-0.2, 0) is 4.74 Å². The molecule has 0 saturated carbocycles. The van der Waals surface area contributed by atoms with Crippen molar-refractivity contribution in [3.8, 4) is 6.07 Å². The molecule has 0 aromatic carbocycles. The highest BCUT2D eigenvalue weighted by Crippen LogP contribution is 2.32. The van der Waals surface area contributed by atoms with E-state index in [1.165, 1.54) is 0 Å². The maximum atomic E-state index is 9.53. The lowest BCUT2D eigenvalue weighted by Crippen LogP contribution is -2.57. The molecule has 1 saturated heterocycles. The van der Waals surface area contributed by atoms with Gasteiger partial charge in [0.05, 0.1) is 11.2 Å². The fraction of sp³-hybridized carbons (Fsp3) is 0.500. The molecule has 3 heterocycles. The SMILES string of the molecule is CC1(C)CN(c2nc3ccccn3c2C#N)CC(C)(C)O1. The van der Waals surface area contributed by atoms with Crippen molar-refractivity contribution in [2.45, 2.75) is 38.9 Å². The molecule has 0 aliphatic carbocycles. The smallest absolute Gasteiger partial charge is 0.169 e. The third kappa shape index (κ3) is 2.47. The normalized spacial score (nSPS) is 20.4. The van der Waals surface area contributed by atoms with Crippen LogP contribution >= 0.6 is 0 Å². The number of aromatic nitrogens is 2. The third-order valence-electron chi connectivity index (χ3n) is 3.61. The van der Waals surface area contributed by atoms with Crippen LogP contribution in [0.2, 0.25) is 0 Å². The lowest BCUT2D eigenvalue weighted by Gasteiger charge is -2.47. The predicted molar refractivity (Wildman–Crippen MR) is 81.4 cm³/mol. The maximum absolute atomic E-state index is 9.53. The van der Waals surface area contributed by atoms with Crippen molar-refractivity contribution in [1.29, 1.82) is 5.26 Å². The van der Waals surface area contributed by atoms with E-state index in [0.717, 1.165) is 24.6 Å². The van der Waals surface area contributed by atoms with E-state index in [0.29, 0.717) is 5.69 Å². The molecule has 1 aliphatic rings. The van der Waals surface area contributed by atoms with Crippen molar-refractivity contribution < 1.29 is 4.74 Å². The Balaban J connectivity index is 2.10. The van der Waals surface area contributed by atoms with Gasteiger partial charge in [-0.1, -0.05) is 6.07 Å². The highest BCUT2D eigenvalue weighted by molar-refractivity contribution is 5.60. The second-order valence-electron chi connectivity index (χ2n) is 6.80. The summed E-state index contributed by atoms with van der Waals surface area (Å²) in [6.07, 6.45) is 1.88. The summed E-state index contributed by atoms with van der Waals surface area (Å²) in [5.74, 6) is 0.744. The van der Waals surface area contributed by atoms with Crippen LogP contribution in [0, 0.1) is 11.3 Å². The summed E-state index contributed by atoms with van der Waals surface area (Å²) < 4.78 is 7.94. The number of imidazole rings is 1. The zero-order valence-electron chi connectivity index (χ0n) is 12.9. The van der Waals surface area contributed by atoms with Crippen molar-refractivity contribution in [2.24, 2.45) is 0 Å². The van der Waals surface area contributed by atoms with Gasteiger partial charge in [-0.15, -0.1) is 0 Å². The number of anilines is 1. The number of hydrogen-bond donors (Lipinski definition) is 0. The average molecular weight is 284 g/mol. The first-order valence-electron chi connectivity index (χ1n) is 7.14. The highest BCUT2D eigenvalue weighted by atomic mass is 16.5.